The summed E-state index contributed by atoms with van der Waals surface area (Å²) in [6.45, 7) is 7.45. The molecule has 0 spiro atoms. The Bertz CT molecular complexity index is 1160. The van der Waals surface area contributed by atoms with Crippen molar-refractivity contribution < 1.29 is 23.1 Å². The number of benzene rings is 1. The molecule has 3 rings (SSSR count). The van der Waals surface area contributed by atoms with Crippen LogP contribution in [0.2, 0.25) is 0 Å². The van der Waals surface area contributed by atoms with E-state index in [0.29, 0.717) is 24.7 Å². The highest BCUT2D eigenvalue weighted by atomic mass is 19.4. The lowest BCUT2D eigenvalue weighted by Gasteiger charge is -2.27. The second-order valence-electron chi connectivity index (χ2n) is 10.1. The molecule has 38 heavy (non-hydrogen) atoms. The fourth-order valence-corrected chi connectivity index (χ4v) is 4.16. The van der Waals surface area contributed by atoms with Crippen LogP contribution in [-0.2, 0) is 12.7 Å². The molecule has 0 radical (unpaired) electrons. The fourth-order valence-electron chi connectivity index (χ4n) is 4.16. The number of carbonyl (C=O) groups excluding carboxylic acids is 1. The molecule has 1 unspecified atom stereocenters. The Morgan fingerprint density at radius 3 is 2.66 bits per heavy atom. The highest BCUT2D eigenvalue weighted by Crippen LogP contribution is 2.36. The van der Waals surface area contributed by atoms with E-state index in [9.17, 15) is 18.0 Å². The number of allylic oxidation sites excluding steroid dienone is 1. The van der Waals surface area contributed by atoms with E-state index in [-0.39, 0.29) is 53.9 Å². The van der Waals surface area contributed by atoms with Gasteiger partial charge >= 0.3 is 12.2 Å². The molecule has 9 nitrogen and oxygen atoms in total. The second-order valence-corrected chi connectivity index (χ2v) is 10.1. The minimum Gasteiger partial charge on any atom is -0.395 e. The van der Waals surface area contributed by atoms with E-state index in [4.69, 9.17) is 10.5 Å². The van der Waals surface area contributed by atoms with Crippen molar-refractivity contribution >= 4 is 18.2 Å². The first kappa shape index (κ1) is 28.9. The number of aliphatic hydroxyl groups excluding tert-OH is 1. The molecule has 0 saturated carbocycles. The van der Waals surface area contributed by atoms with Crippen LogP contribution in [0.25, 0.3) is 11.3 Å². The SMILES string of the molecule is CC(C)(C)C1CCN(C(=O)NCc2ccc(-c3ccnc(N/C(C=N)=C/NCCO)n3)cc2C(F)(F)F)C1. The summed E-state index contributed by atoms with van der Waals surface area (Å²) < 4.78 is 41.9. The van der Waals surface area contributed by atoms with E-state index in [1.54, 1.807) is 4.90 Å². The molecule has 1 saturated heterocycles. The first-order valence-electron chi connectivity index (χ1n) is 12.3. The number of anilines is 1. The number of urea groups is 1. The van der Waals surface area contributed by atoms with Crippen LogP contribution in [-0.4, -0.2) is 58.5 Å². The highest BCUT2D eigenvalue weighted by Gasteiger charge is 2.35. The number of hydrogen-bond acceptors (Lipinski definition) is 7. The summed E-state index contributed by atoms with van der Waals surface area (Å²) in [6.07, 6.45) is 0.0942. The van der Waals surface area contributed by atoms with Gasteiger partial charge in [-0.3, -0.25) is 0 Å². The summed E-state index contributed by atoms with van der Waals surface area (Å²) in [5.41, 5.74) is -0.0720. The first-order valence-corrected chi connectivity index (χ1v) is 12.3. The molecule has 2 amide bonds. The summed E-state index contributed by atoms with van der Waals surface area (Å²) in [5, 5.41) is 24.6. The van der Waals surface area contributed by atoms with E-state index in [1.165, 1.54) is 30.6 Å². The Labute approximate surface area is 220 Å². The number of aliphatic hydroxyl groups is 1. The van der Waals surface area contributed by atoms with E-state index in [0.717, 1.165) is 18.7 Å². The van der Waals surface area contributed by atoms with E-state index >= 15 is 0 Å². The van der Waals surface area contributed by atoms with Crippen LogP contribution < -0.4 is 16.0 Å². The van der Waals surface area contributed by atoms with Crippen molar-refractivity contribution in [1.29, 1.82) is 5.41 Å². The van der Waals surface area contributed by atoms with Crippen molar-refractivity contribution in [3.05, 3.63) is 53.5 Å². The lowest BCUT2D eigenvalue weighted by molar-refractivity contribution is -0.138. The Hall–Kier alpha value is -3.67. The van der Waals surface area contributed by atoms with E-state index in [1.807, 2.05) is 0 Å². The van der Waals surface area contributed by atoms with Gasteiger partial charge in [0.2, 0.25) is 5.95 Å². The number of nitrogens with one attached hydrogen (secondary N) is 4. The summed E-state index contributed by atoms with van der Waals surface area (Å²) in [4.78, 5) is 22.6. The van der Waals surface area contributed by atoms with Gasteiger partial charge in [0.05, 0.1) is 23.6 Å². The van der Waals surface area contributed by atoms with Gasteiger partial charge in [0, 0.05) is 50.4 Å². The molecule has 1 aromatic heterocycles. The van der Waals surface area contributed by atoms with Crippen LogP contribution in [0.1, 0.15) is 38.3 Å². The zero-order valence-corrected chi connectivity index (χ0v) is 21.7. The normalized spacial score (nSPS) is 16.3. The van der Waals surface area contributed by atoms with Crippen molar-refractivity contribution in [2.45, 2.75) is 39.9 Å². The zero-order chi connectivity index (χ0) is 27.9. The average molecular weight is 534 g/mol. The molecule has 1 fully saturated rings. The molecule has 12 heteroatoms. The largest absolute Gasteiger partial charge is 0.416 e. The van der Waals surface area contributed by atoms with Crippen LogP contribution in [0.3, 0.4) is 0 Å². The predicted molar refractivity (Wildman–Crippen MR) is 139 cm³/mol. The molecular formula is C26H34F3N7O2. The Kier molecular flexibility index (Phi) is 9.31. The summed E-state index contributed by atoms with van der Waals surface area (Å²) in [6, 6.07) is 4.99. The molecule has 5 N–H and O–H groups in total. The van der Waals surface area contributed by atoms with Gasteiger partial charge in [0.25, 0.3) is 0 Å². The maximum absolute atomic E-state index is 14.0. The number of amides is 2. The zero-order valence-electron chi connectivity index (χ0n) is 21.7. The molecule has 0 aliphatic carbocycles. The Morgan fingerprint density at radius 2 is 2.03 bits per heavy atom. The van der Waals surface area contributed by atoms with Gasteiger partial charge in [-0.1, -0.05) is 32.9 Å². The third-order valence-electron chi connectivity index (χ3n) is 6.42. The van der Waals surface area contributed by atoms with Crippen LogP contribution >= 0.6 is 0 Å². The number of nitrogens with zero attached hydrogens (tertiary/aromatic N) is 3. The quantitative estimate of drug-likeness (QED) is 0.243. The third kappa shape index (κ3) is 7.67. The molecule has 0 bridgehead atoms. The minimum absolute atomic E-state index is 0.0439. The van der Waals surface area contributed by atoms with Crippen molar-refractivity contribution in [2.24, 2.45) is 11.3 Å². The average Bonchev–Trinajstić information content (AvgIpc) is 3.38. The number of likely N-dealkylation sites (tertiary alicyclic amines) is 1. The number of aromatic nitrogens is 2. The maximum Gasteiger partial charge on any atom is 0.416 e. The van der Waals surface area contributed by atoms with Gasteiger partial charge in [-0.15, -0.1) is 0 Å². The van der Waals surface area contributed by atoms with Crippen molar-refractivity contribution in [2.75, 3.05) is 31.6 Å². The van der Waals surface area contributed by atoms with Crippen molar-refractivity contribution in [3.63, 3.8) is 0 Å². The fraction of sp³-hybridized carbons (Fsp3) is 0.462. The standard InChI is InChI=1S/C26H34F3N7O2/c1-25(2,3)19-7-10-36(16-19)24(38)33-14-18-5-4-17(12-21(18)26(27,28)29)22-6-8-32-23(35-22)34-20(13-30)15-31-9-11-37/h4-6,8,12-13,15,19,30-31,37H,7,9-11,14,16H2,1-3H3,(H,33,38)(H,32,34,35)/b20-15+,30-13?. The topological polar surface area (TPSA) is 126 Å². The monoisotopic (exact) mass is 533 g/mol. The van der Waals surface area contributed by atoms with Crippen molar-refractivity contribution in [1.82, 2.24) is 25.5 Å². The van der Waals surface area contributed by atoms with Gasteiger partial charge in [-0.05, 0) is 35.4 Å². The third-order valence-corrected chi connectivity index (χ3v) is 6.42. The Morgan fingerprint density at radius 1 is 1.26 bits per heavy atom. The van der Waals surface area contributed by atoms with Gasteiger partial charge in [0.1, 0.15) is 0 Å². The molecule has 2 heterocycles. The summed E-state index contributed by atoms with van der Waals surface area (Å²) >= 11 is 0. The number of rotatable bonds is 9. The minimum atomic E-state index is -4.64. The molecule has 1 aliphatic heterocycles. The number of hydrogen-bond donors (Lipinski definition) is 5. The molecular weight excluding hydrogens is 499 g/mol. The smallest absolute Gasteiger partial charge is 0.395 e. The second kappa shape index (κ2) is 12.2. The highest BCUT2D eigenvalue weighted by molar-refractivity contribution is 5.79. The number of carbonyl (C=O) groups is 1. The summed E-state index contributed by atoms with van der Waals surface area (Å²) in [5.74, 6) is 0.431. The molecule has 2 aromatic rings. The molecule has 206 valence electrons. The van der Waals surface area contributed by atoms with Crippen LogP contribution in [0.15, 0.2) is 42.4 Å². The molecule has 1 atom stereocenters. The lowest BCUT2D eigenvalue weighted by Crippen LogP contribution is -2.39. The summed E-state index contributed by atoms with van der Waals surface area (Å²) in [7, 11) is 0. The Balaban J connectivity index is 1.76. The predicted octanol–water partition coefficient (Wildman–Crippen LogP) is 4.22. The van der Waals surface area contributed by atoms with Gasteiger partial charge < -0.3 is 31.4 Å². The van der Waals surface area contributed by atoms with E-state index < -0.39 is 11.7 Å². The van der Waals surface area contributed by atoms with Crippen LogP contribution in [0.4, 0.5) is 23.9 Å². The van der Waals surface area contributed by atoms with Crippen LogP contribution in [0.5, 0.6) is 0 Å². The van der Waals surface area contributed by atoms with Crippen LogP contribution in [0, 0.1) is 16.7 Å². The number of alkyl halides is 3. The molecule has 1 aliphatic rings. The van der Waals surface area contributed by atoms with Gasteiger partial charge in [0.15, 0.2) is 0 Å². The maximum atomic E-state index is 14.0. The molecule has 1 aromatic carbocycles. The lowest BCUT2D eigenvalue weighted by atomic mass is 9.80. The first-order chi connectivity index (χ1) is 17.9. The van der Waals surface area contributed by atoms with Gasteiger partial charge in [-0.25, -0.2) is 14.8 Å². The van der Waals surface area contributed by atoms with E-state index in [2.05, 4.69) is 46.7 Å². The van der Waals surface area contributed by atoms with Crippen molar-refractivity contribution in [3.8, 4) is 11.3 Å². The number of halogens is 3. The van der Waals surface area contributed by atoms with Gasteiger partial charge in [-0.2, -0.15) is 13.2 Å².